The van der Waals surface area contributed by atoms with Gasteiger partial charge in [0.2, 0.25) is 5.78 Å². The Bertz CT molecular complexity index is 1500. The van der Waals surface area contributed by atoms with Gasteiger partial charge in [-0.2, -0.15) is 0 Å². The Morgan fingerprint density at radius 3 is 2.63 bits per heavy atom. The van der Waals surface area contributed by atoms with Gasteiger partial charge in [-0.25, -0.2) is 0 Å². The van der Waals surface area contributed by atoms with Crippen molar-refractivity contribution in [1.82, 2.24) is 0 Å². The Morgan fingerprint density at radius 1 is 1.03 bits per heavy atom. The minimum atomic E-state index is -1.88. The van der Waals surface area contributed by atoms with Crippen LogP contribution in [-0.2, 0) is 9.59 Å². The number of hydrogen-bond acceptors (Lipinski definition) is 6. The molecule has 8 heteroatoms. The van der Waals surface area contributed by atoms with Crippen molar-refractivity contribution in [2.75, 3.05) is 17.7 Å². The number of hydrogen-bond donors (Lipinski definition) is 2. The number of aryl methyl sites for hydroxylation is 1. The maximum atomic E-state index is 13.5. The van der Waals surface area contributed by atoms with Gasteiger partial charge in [0.1, 0.15) is 17.1 Å². The summed E-state index contributed by atoms with van der Waals surface area (Å²) >= 11 is 0. The van der Waals surface area contributed by atoms with Crippen LogP contribution in [0.4, 0.5) is 11.4 Å². The summed E-state index contributed by atoms with van der Waals surface area (Å²) in [4.78, 5) is 39.8. The summed E-state index contributed by atoms with van der Waals surface area (Å²) in [5, 5.41) is 5.98. The lowest BCUT2D eigenvalue weighted by atomic mass is 10.0. The summed E-state index contributed by atoms with van der Waals surface area (Å²) in [5.74, 6) is -1.00. The maximum Gasteiger partial charge on any atom is 0.278 e. The number of furan rings is 1. The number of anilines is 2. The molecule has 0 saturated carbocycles. The second kappa shape index (κ2) is 8.32. The van der Waals surface area contributed by atoms with Gasteiger partial charge in [-0.05, 0) is 55.8 Å². The Kier molecular flexibility index (Phi) is 5.28. The van der Waals surface area contributed by atoms with E-state index >= 15 is 0 Å². The normalized spacial score (nSPS) is 16.7. The van der Waals surface area contributed by atoms with E-state index in [0.717, 1.165) is 5.56 Å². The molecule has 0 bridgehead atoms. The van der Waals surface area contributed by atoms with Crippen LogP contribution >= 0.6 is 0 Å². The van der Waals surface area contributed by atoms with Gasteiger partial charge >= 0.3 is 0 Å². The van der Waals surface area contributed by atoms with Gasteiger partial charge in [-0.15, -0.1) is 0 Å². The van der Waals surface area contributed by atoms with E-state index in [1.807, 2.05) is 13.0 Å². The molecular formula is C27H22N2O6. The molecule has 8 nitrogen and oxygen atoms in total. The third-order valence-corrected chi connectivity index (χ3v) is 5.94. The summed E-state index contributed by atoms with van der Waals surface area (Å²) in [7, 11) is 1.51. The third kappa shape index (κ3) is 3.78. The van der Waals surface area contributed by atoms with Gasteiger partial charge < -0.3 is 24.5 Å². The van der Waals surface area contributed by atoms with Crippen molar-refractivity contribution in [3.05, 3.63) is 83.6 Å². The molecule has 0 radical (unpaired) electrons. The van der Waals surface area contributed by atoms with Crippen molar-refractivity contribution in [1.29, 1.82) is 0 Å². The Labute approximate surface area is 200 Å². The summed E-state index contributed by atoms with van der Waals surface area (Å²) in [6.07, 6.45) is 0. The van der Waals surface area contributed by atoms with Gasteiger partial charge in [-0.1, -0.05) is 30.3 Å². The number of ether oxygens (including phenoxy) is 2. The average Bonchev–Trinajstić information content (AvgIpc) is 3.22. The minimum absolute atomic E-state index is 0.0661. The first kappa shape index (κ1) is 22.2. The molecule has 5 rings (SSSR count). The Morgan fingerprint density at radius 2 is 1.83 bits per heavy atom. The smallest absolute Gasteiger partial charge is 0.278 e. The van der Waals surface area contributed by atoms with E-state index in [4.69, 9.17) is 13.9 Å². The summed E-state index contributed by atoms with van der Waals surface area (Å²) in [6.45, 7) is 3.27. The fraction of sp³-hybridized carbons (Fsp3) is 0.148. The highest BCUT2D eigenvalue weighted by Crippen LogP contribution is 2.37. The molecule has 2 amide bonds. The monoisotopic (exact) mass is 470 g/mol. The molecule has 2 heterocycles. The molecule has 0 spiro atoms. The molecule has 1 atom stereocenters. The lowest BCUT2D eigenvalue weighted by Gasteiger charge is -2.33. The first-order chi connectivity index (χ1) is 16.8. The molecule has 0 aliphatic carbocycles. The zero-order valence-electron chi connectivity index (χ0n) is 19.3. The van der Waals surface area contributed by atoms with Crippen LogP contribution in [0.25, 0.3) is 11.0 Å². The number of nitrogens with one attached hydrogen (secondary N) is 2. The van der Waals surface area contributed by atoms with E-state index in [2.05, 4.69) is 10.6 Å². The predicted octanol–water partition coefficient (Wildman–Crippen LogP) is 4.71. The zero-order valence-corrected chi connectivity index (χ0v) is 19.3. The van der Waals surface area contributed by atoms with Crippen LogP contribution in [0.3, 0.4) is 0 Å². The molecular weight excluding hydrogens is 448 g/mol. The number of carbonyl (C=O) groups excluding carboxylic acids is 3. The number of ketones is 1. The summed E-state index contributed by atoms with van der Waals surface area (Å²) in [5.41, 5.74) is 0.437. The molecule has 4 aromatic rings. The fourth-order valence-corrected chi connectivity index (χ4v) is 3.95. The van der Waals surface area contributed by atoms with E-state index in [0.29, 0.717) is 33.7 Å². The average molecular weight is 470 g/mol. The second-order valence-electron chi connectivity index (χ2n) is 8.41. The number of fused-ring (bicyclic) bond motifs is 2. The fourth-order valence-electron chi connectivity index (χ4n) is 3.95. The maximum absolute atomic E-state index is 13.5. The summed E-state index contributed by atoms with van der Waals surface area (Å²) < 4.78 is 16.9. The molecule has 176 valence electrons. The molecule has 1 aromatic heterocycles. The van der Waals surface area contributed by atoms with E-state index in [9.17, 15) is 14.4 Å². The van der Waals surface area contributed by atoms with Crippen molar-refractivity contribution in [2.24, 2.45) is 0 Å². The van der Waals surface area contributed by atoms with Crippen LogP contribution < -0.4 is 20.1 Å². The van der Waals surface area contributed by atoms with Crippen LogP contribution in [0, 0.1) is 6.92 Å². The van der Waals surface area contributed by atoms with E-state index < -0.39 is 23.2 Å². The molecule has 3 aromatic carbocycles. The van der Waals surface area contributed by atoms with Crippen molar-refractivity contribution < 1.29 is 28.3 Å². The number of para-hydroxylation sites is 1. The van der Waals surface area contributed by atoms with Crippen LogP contribution in [0.2, 0.25) is 0 Å². The number of rotatable bonds is 5. The topological polar surface area (TPSA) is 107 Å². The quantitative estimate of drug-likeness (QED) is 0.323. The zero-order chi connectivity index (χ0) is 24.7. The molecule has 0 saturated heterocycles. The Hall–Kier alpha value is -4.59. The van der Waals surface area contributed by atoms with Gasteiger partial charge in [0, 0.05) is 10.9 Å². The Balaban J connectivity index is 1.53. The molecule has 1 unspecified atom stereocenters. The van der Waals surface area contributed by atoms with E-state index in [-0.39, 0.29) is 11.4 Å². The molecule has 35 heavy (non-hydrogen) atoms. The van der Waals surface area contributed by atoms with Crippen LogP contribution in [0.5, 0.6) is 11.5 Å². The highest BCUT2D eigenvalue weighted by molar-refractivity contribution is 6.23. The lowest BCUT2D eigenvalue weighted by Crippen LogP contribution is -2.56. The van der Waals surface area contributed by atoms with Crippen LogP contribution in [0.1, 0.15) is 28.6 Å². The first-order valence-electron chi connectivity index (χ1n) is 10.9. The lowest BCUT2D eigenvalue weighted by molar-refractivity contribution is -0.143. The van der Waals surface area contributed by atoms with Crippen LogP contribution in [-0.4, -0.2) is 30.3 Å². The number of carbonyl (C=O) groups is 3. The van der Waals surface area contributed by atoms with Gasteiger partial charge in [0.15, 0.2) is 5.76 Å². The molecule has 2 N–H and O–H groups in total. The largest absolute Gasteiger partial charge is 0.497 e. The third-order valence-electron chi connectivity index (χ3n) is 5.94. The molecule has 0 fully saturated rings. The van der Waals surface area contributed by atoms with Gasteiger partial charge in [-0.3, -0.25) is 14.4 Å². The number of amides is 2. The first-order valence-corrected chi connectivity index (χ1v) is 10.9. The standard InChI is InChI=1S/C27H22N2O6/c1-15-11-12-21-19(13-15)28-25(31)27(2,35-21)26(32)29-22-18-9-4-5-10-20(18)34-24(22)23(30)16-7-6-8-17(14-16)33-3/h4-14H,1-3H3,(H,28,31)(H,29,32). The molecule has 1 aliphatic heterocycles. The predicted molar refractivity (Wildman–Crippen MR) is 130 cm³/mol. The second-order valence-corrected chi connectivity index (χ2v) is 8.41. The minimum Gasteiger partial charge on any atom is -0.497 e. The van der Waals surface area contributed by atoms with Crippen molar-refractivity contribution in [2.45, 2.75) is 19.4 Å². The van der Waals surface area contributed by atoms with Crippen molar-refractivity contribution in [3.8, 4) is 11.5 Å². The highest BCUT2D eigenvalue weighted by Gasteiger charge is 2.48. The molecule has 1 aliphatic rings. The summed E-state index contributed by atoms with van der Waals surface area (Å²) in [6, 6.07) is 18.8. The highest BCUT2D eigenvalue weighted by atomic mass is 16.5. The number of benzene rings is 3. The SMILES string of the molecule is COc1cccc(C(=O)c2oc3ccccc3c2NC(=O)C2(C)Oc3ccc(C)cc3NC2=O)c1. The van der Waals surface area contributed by atoms with E-state index in [1.54, 1.807) is 60.7 Å². The number of methoxy groups -OCH3 is 1. The van der Waals surface area contributed by atoms with Crippen molar-refractivity contribution >= 4 is 39.9 Å². The van der Waals surface area contributed by atoms with E-state index in [1.165, 1.54) is 14.0 Å². The van der Waals surface area contributed by atoms with Gasteiger partial charge in [0.25, 0.3) is 17.4 Å². The van der Waals surface area contributed by atoms with Gasteiger partial charge in [0.05, 0.1) is 18.5 Å². The van der Waals surface area contributed by atoms with Crippen LogP contribution in [0.15, 0.2) is 71.1 Å². The van der Waals surface area contributed by atoms with Crippen molar-refractivity contribution in [3.63, 3.8) is 0 Å².